The lowest BCUT2D eigenvalue weighted by molar-refractivity contribution is -0.128. The van der Waals surface area contributed by atoms with Crippen molar-refractivity contribution in [3.05, 3.63) is 77.8 Å². The number of benzene rings is 1. The summed E-state index contributed by atoms with van der Waals surface area (Å²) in [4.78, 5) is 24.2. The van der Waals surface area contributed by atoms with Gasteiger partial charge in [-0.05, 0) is 61.4 Å². The molecule has 1 saturated heterocycles. The molecule has 0 unspecified atom stereocenters. The van der Waals surface area contributed by atoms with Gasteiger partial charge < -0.3 is 19.7 Å². The second-order valence-corrected chi connectivity index (χ2v) is 7.83. The molecule has 3 aromatic rings. The fourth-order valence-corrected chi connectivity index (χ4v) is 4.17. The molecule has 1 fully saturated rings. The van der Waals surface area contributed by atoms with Gasteiger partial charge in [-0.3, -0.25) is 9.78 Å². The molecule has 2 aliphatic rings. The topological polar surface area (TPSA) is 76.6 Å². The average molecular weight is 428 g/mol. The van der Waals surface area contributed by atoms with E-state index in [9.17, 15) is 4.79 Å². The molecular weight excluding hydrogens is 404 g/mol. The molecule has 1 atom stereocenters. The molecule has 0 radical (unpaired) electrons. The van der Waals surface area contributed by atoms with E-state index < -0.39 is 0 Å². The highest BCUT2D eigenvalue weighted by Gasteiger charge is 2.33. The molecule has 0 bridgehead atoms. The van der Waals surface area contributed by atoms with Crippen LogP contribution in [0.5, 0.6) is 11.5 Å². The molecule has 32 heavy (non-hydrogen) atoms. The average Bonchev–Trinajstić information content (AvgIpc) is 3.34. The molecule has 2 aromatic heterocycles. The van der Waals surface area contributed by atoms with Gasteiger partial charge in [0.05, 0.1) is 36.3 Å². The molecule has 162 valence electrons. The van der Waals surface area contributed by atoms with Gasteiger partial charge in [-0.15, -0.1) is 0 Å². The number of ether oxygens (including phenoxy) is 2. The number of nitrogens with zero attached hydrogens (tertiary/aromatic N) is 3. The lowest BCUT2D eigenvalue weighted by atomic mass is 10.0. The lowest BCUT2D eigenvalue weighted by Crippen LogP contribution is -2.34. The predicted octanol–water partition coefficient (Wildman–Crippen LogP) is 4.37. The van der Waals surface area contributed by atoms with E-state index in [0.717, 1.165) is 47.1 Å². The van der Waals surface area contributed by atoms with Crippen molar-refractivity contribution in [2.24, 2.45) is 0 Å². The number of aromatic nitrogens is 2. The minimum atomic E-state index is -0.0426. The molecule has 0 spiro atoms. The first-order chi connectivity index (χ1) is 15.7. The van der Waals surface area contributed by atoms with E-state index in [2.05, 4.69) is 15.3 Å². The maximum Gasteiger partial charge on any atom is 0.253 e. The predicted molar refractivity (Wildman–Crippen MR) is 122 cm³/mol. The first-order valence-electron chi connectivity index (χ1n) is 10.7. The maximum atomic E-state index is 13.4. The summed E-state index contributed by atoms with van der Waals surface area (Å²) in [5.41, 5.74) is 3.25. The Morgan fingerprint density at radius 2 is 2.12 bits per heavy atom. The molecule has 7 heteroatoms. The zero-order chi connectivity index (χ0) is 21.9. The summed E-state index contributed by atoms with van der Waals surface area (Å²) in [6.45, 7) is 0.975. The number of amides is 1. The summed E-state index contributed by atoms with van der Waals surface area (Å²) >= 11 is 0. The van der Waals surface area contributed by atoms with Gasteiger partial charge in [0, 0.05) is 18.3 Å². The second kappa shape index (κ2) is 8.70. The van der Waals surface area contributed by atoms with Crippen molar-refractivity contribution < 1.29 is 14.3 Å². The van der Waals surface area contributed by atoms with Gasteiger partial charge in [0.15, 0.2) is 0 Å². The van der Waals surface area contributed by atoms with Crippen molar-refractivity contribution >= 4 is 23.5 Å². The van der Waals surface area contributed by atoms with Crippen molar-refractivity contribution in [2.45, 2.75) is 18.9 Å². The third-order valence-corrected chi connectivity index (χ3v) is 5.78. The minimum Gasteiger partial charge on any atom is -0.497 e. The summed E-state index contributed by atoms with van der Waals surface area (Å²) < 4.78 is 11.1. The van der Waals surface area contributed by atoms with Crippen LogP contribution >= 0.6 is 0 Å². The molecule has 2 aliphatic heterocycles. The minimum absolute atomic E-state index is 0.00143. The zero-order valence-electron chi connectivity index (χ0n) is 17.8. The van der Waals surface area contributed by atoms with E-state index in [1.54, 1.807) is 19.5 Å². The lowest BCUT2D eigenvalue weighted by Gasteiger charge is -2.27. The van der Waals surface area contributed by atoms with Crippen LogP contribution in [0, 0.1) is 0 Å². The molecule has 1 N–H and O–H groups in total. The van der Waals surface area contributed by atoms with Gasteiger partial charge in [-0.25, -0.2) is 4.98 Å². The summed E-state index contributed by atoms with van der Waals surface area (Å²) in [6, 6.07) is 15.2. The Labute approximate surface area is 186 Å². The highest BCUT2D eigenvalue weighted by atomic mass is 16.5. The van der Waals surface area contributed by atoms with E-state index >= 15 is 0 Å². The highest BCUT2D eigenvalue weighted by Crippen LogP contribution is 2.35. The summed E-state index contributed by atoms with van der Waals surface area (Å²) in [5, 5.41) is 3.24. The van der Waals surface area contributed by atoms with Crippen LogP contribution in [0.1, 0.15) is 30.1 Å². The fourth-order valence-electron chi connectivity index (χ4n) is 4.17. The second-order valence-electron chi connectivity index (χ2n) is 7.83. The monoisotopic (exact) mass is 428 g/mol. The Balaban J connectivity index is 1.33. The first kappa shape index (κ1) is 20.1. The van der Waals surface area contributed by atoms with Crippen LogP contribution < -0.4 is 14.8 Å². The van der Waals surface area contributed by atoms with Crippen LogP contribution in [0.4, 0.5) is 11.5 Å². The number of carbonyl (C=O) groups excluding carboxylic acids is 1. The SMILES string of the molecule is COc1ccc2c(c1)C=C(C(=O)N1CCC[C@@H]1c1ccc(Nc3ccccn3)cn1)CO2. The van der Waals surface area contributed by atoms with Crippen LogP contribution in [0.15, 0.2) is 66.5 Å². The Bertz CT molecular complexity index is 1150. The molecule has 1 amide bonds. The van der Waals surface area contributed by atoms with Gasteiger partial charge >= 0.3 is 0 Å². The van der Waals surface area contributed by atoms with E-state index in [-0.39, 0.29) is 18.6 Å². The van der Waals surface area contributed by atoms with Gasteiger partial charge in [0.1, 0.15) is 23.9 Å². The Kier molecular flexibility index (Phi) is 5.46. The number of pyridine rings is 2. The van der Waals surface area contributed by atoms with Crippen molar-refractivity contribution in [3.8, 4) is 11.5 Å². The molecular formula is C25H24N4O3. The van der Waals surface area contributed by atoms with Crippen LogP contribution in [0.2, 0.25) is 0 Å². The highest BCUT2D eigenvalue weighted by molar-refractivity contribution is 5.99. The van der Waals surface area contributed by atoms with Crippen molar-refractivity contribution in [1.29, 1.82) is 0 Å². The van der Waals surface area contributed by atoms with E-state index in [4.69, 9.17) is 9.47 Å². The number of likely N-dealkylation sites (tertiary alicyclic amines) is 1. The normalized spacial score (nSPS) is 17.2. The molecule has 5 rings (SSSR count). The molecule has 4 heterocycles. The van der Waals surface area contributed by atoms with Crippen LogP contribution in [-0.4, -0.2) is 41.0 Å². The van der Waals surface area contributed by atoms with Gasteiger partial charge in [0.25, 0.3) is 5.91 Å². The summed E-state index contributed by atoms with van der Waals surface area (Å²) in [5.74, 6) is 2.26. The van der Waals surface area contributed by atoms with Crippen LogP contribution in [0.25, 0.3) is 6.08 Å². The number of carbonyl (C=O) groups is 1. The third-order valence-electron chi connectivity index (χ3n) is 5.78. The summed E-state index contributed by atoms with van der Waals surface area (Å²) in [7, 11) is 1.63. The Hall–Kier alpha value is -3.87. The number of hydrogen-bond donors (Lipinski definition) is 1. The zero-order valence-corrected chi connectivity index (χ0v) is 17.8. The van der Waals surface area contributed by atoms with Gasteiger partial charge in [-0.1, -0.05) is 6.07 Å². The number of fused-ring (bicyclic) bond motifs is 1. The molecule has 1 aromatic carbocycles. The van der Waals surface area contributed by atoms with Crippen LogP contribution in [-0.2, 0) is 4.79 Å². The smallest absolute Gasteiger partial charge is 0.253 e. The van der Waals surface area contributed by atoms with E-state index in [1.807, 2.05) is 59.5 Å². The van der Waals surface area contributed by atoms with Crippen molar-refractivity contribution in [3.63, 3.8) is 0 Å². The maximum absolute atomic E-state index is 13.4. The van der Waals surface area contributed by atoms with E-state index in [0.29, 0.717) is 12.1 Å². The van der Waals surface area contributed by atoms with Gasteiger partial charge in [-0.2, -0.15) is 0 Å². The number of nitrogens with one attached hydrogen (secondary N) is 1. The van der Waals surface area contributed by atoms with Crippen molar-refractivity contribution in [2.75, 3.05) is 25.6 Å². The largest absolute Gasteiger partial charge is 0.497 e. The van der Waals surface area contributed by atoms with Crippen LogP contribution in [0.3, 0.4) is 0 Å². The Morgan fingerprint density at radius 3 is 2.91 bits per heavy atom. The standard InChI is InChI=1S/C25H24N4O3/c1-31-20-8-10-23-17(14-20)13-18(16-32-23)25(30)29-12-4-5-22(29)21-9-7-19(15-27-21)28-24-6-2-3-11-26-24/h2-3,6-11,13-15,22H,4-5,12,16H2,1H3,(H,26,28)/t22-/m1/s1. The third kappa shape index (κ3) is 4.01. The number of methoxy groups -OCH3 is 1. The number of anilines is 2. The van der Waals surface area contributed by atoms with Crippen molar-refractivity contribution in [1.82, 2.24) is 14.9 Å². The fraction of sp³-hybridized carbons (Fsp3) is 0.240. The molecule has 0 saturated carbocycles. The first-order valence-corrected chi connectivity index (χ1v) is 10.7. The van der Waals surface area contributed by atoms with E-state index in [1.165, 1.54) is 0 Å². The molecule has 0 aliphatic carbocycles. The number of hydrogen-bond acceptors (Lipinski definition) is 6. The van der Waals surface area contributed by atoms with Gasteiger partial charge in [0.2, 0.25) is 0 Å². The Morgan fingerprint density at radius 1 is 1.19 bits per heavy atom. The molecule has 7 nitrogen and oxygen atoms in total. The number of rotatable bonds is 5. The quantitative estimate of drug-likeness (QED) is 0.650. The summed E-state index contributed by atoms with van der Waals surface area (Å²) in [6.07, 6.45) is 7.28.